The molecule has 1 unspecified atom stereocenters. The van der Waals surface area contributed by atoms with Crippen LogP contribution < -0.4 is 0 Å². The monoisotopic (exact) mass is 885 g/mol. The molecule has 0 aromatic carbocycles. The molecule has 0 aromatic heterocycles. The molecule has 0 heterocycles. The van der Waals surface area contributed by atoms with Crippen LogP contribution in [0, 0.1) is 0 Å². The van der Waals surface area contributed by atoms with E-state index in [1.165, 1.54) is 173 Å². The molecule has 0 aliphatic rings. The average Bonchev–Trinajstić information content (AvgIpc) is 3.28. The summed E-state index contributed by atoms with van der Waals surface area (Å²) < 4.78 is 16.8. The Kier molecular flexibility index (Phi) is 50.3. The molecular weight excluding hydrogens is 781 g/mol. The molecule has 0 amide bonds. The number of rotatable bonds is 50. The zero-order valence-electron chi connectivity index (χ0n) is 42.1. The minimum absolute atomic E-state index is 0.0732. The Hall–Kier alpha value is -2.37. The number of ether oxygens (including phenoxy) is 3. The second kappa shape index (κ2) is 52.3. The first-order valence-electron chi connectivity index (χ1n) is 27.5. The molecule has 0 aromatic rings. The topological polar surface area (TPSA) is 78.9 Å². The van der Waals surface area contributed by atoms with Gasteiger partial charge in [-0.25, -0.2) is 0 Å². The van der Waals surface area contributed by atoms with Crippen molar-refractivity contribution >= 4 is 17.9 Å². The third kappa shape index (κ3) is 50.5. The van der Waals surface area contributed by atoms with Crippen LogP contribution in [0.4, 0.5) is 0 Å². The van der Waals surface area contributed by atoms with Crippen molar-refractivity contribution in [1.82, 2.24) is 0 Å². The summed E-state index contributed by atoms with van der Waals surface area (Å²) in [5.74, 6) is -0.879. The molecule has 0 saturated heterocycles. The van der Waals surface area contributed by atoms with Gasteiger partial charge in [0, 0.05) is 19.3 Å². The third-order valence-electron chi connectivity index (χ3n) is 12.1. The molecule has 0 saturated carbocycles. The molecule has 63 heavy (non-hydrogen) atoms. The maximum absolute atomic E-state index is 12.8. The van der Waals surface area contributed by atoms with Crippen LogP contribution in [0.3, 0.4) is 0 Å². The van der Waals surface area contributed by atoms with E-state index in [-0.39, 0.29) is 31.1 Å². The Labute approximate surface area is 391 Å². The number of hydrogen-bond donors (Lipinski definition) is 0. The van der Waals surface area contributed by atoms with Gasteiger partial charge in [-0.05, 0) is 57.8 Å². The summed E-state index contributed by atoms with van der Waals surface area (Å²) >= 11 is 0. The second-order valence-electron chi connectivity index (χ2n) is 18.5. The van der Waals surface area contributed by atoms with Crippen LogP contribution in [0.5, 0.6) is 0 Å². The van der Waals surface area contributed by atoms with Crippen molar-refractivity contribution < 1.29 is 28.6 Å². The van der Waals surface area contributed by atoms with E-state index in [2.05, 4.69) is 57.2 Å². The van der Waals surface area contributed by atoms with Crippen molar-refractivity contribution in [2.75, 3.05) is 13.2 Å². The Morgan fingerprint density at radius 3 is 0.889 bits per heavy atom. The molecule has 0 bridgehead atoms. The van der Waals surface area contributed by atoms with Crippen LogP contribution in [-0.2, 0) is 28.6 Å². The van der Waals surface area contributed by atoms with Crippen LogP contribution in [-0.4, -0.2) is 37.2 Å². The van der Waals surface area contributed by atoms with Gasteiger partial charge in [-0.3, -0.25) is 14.4 Å². The number of hydrogen-bond acceptors (Lipinski definition) is 6. The molecule has 0 rings (SSSR count). The van der Waals surface area contributed by atoms with Crippen molar-refractivity contribution in [3.63, 3.8) is 0 Å². The van der Waals surface area contributed by atoms with Gasteiger partial charge in [0.15, 0.2) is 6.10 Å². The Morgan fingerprint density at radius 2 is 0.571 bits per heavy atom. The molecule has 0 spiro atoms. The predicted octanol–water partition coefficient (Wildman–Crippen LogP) is 18.1. The summed E-state index contributed by atoms with van der Waals surface area (Å²) in [5.41, 5.74) is 0. The Bertz CT molecular complexity index is 1060. The van der Waals surface area contributed by atoms with Gasteiger partial charge in [0.25, 0.3) is 0 Å². The lowest BCUT2D eigenvalue weighted by Crippen LogP contribution is -2.30. The zero-order valence-corrected chi connectivity index (χ0v) is 42.1. The fourth-order valence-corrected chi connectivity index (χ4v) is 7.98. The molecular formula is C57H104O6. The Balaban J connectivity index is 4.22. The summed E-state index contributed by atoms with van der Waals surface area (Å²) in [5, 5.41) is 0. The van der Waals surface area contributed by atoms with Crippen LogP contribution in [0.15, 0.2) is 36.5 Å². The van der Waals surface area contributed by atoms with Crippen molar-refractivity contribution in [2.45, 2.75) is 297 Å². The quantitative estimate of drug-likeness (QED) is 0.0262. The van der Waals surface area contributed by atoms with Crippen LogP contribution in [0.25, 0.3) is 0 Å². The van der Waals surface area contributed by atoms with E-state index in [4.69, 9.17) is 14.2 Å². The van der Waals surface area contributed by atoms with Gasteiger partial charge >= 0.3 is 17.9 Å². The highest BCUT2D eigenvalue weighted by molar-refractivity contribution is 5.71. The lowest BCUT2D eigenvalue weighted by molar-refractivity contribution is -0.167. The maximum atomic E-state index is 12.8. The smallest absolute Gasteiger partial charge is 0.306 e. The number of allylic oxidation sites excluding steroid dienone is 6. The minimum atomic E-state index is -0.771. The molecule has 0 aliphatic heterocycles. The number of esters is 3. The minimum Gasteiger partial charge on any atom is -0.462 e. The summed E-state index contributed by atoms with van der Waals surface area (Å²) in [6.07, 6.45) is 61.5. The van der Waals surface area contributed by atoms with Crippen molar-refractivity contribution in [2.24, 2.45) is 0 Å². The highest BCUT2D eigenvalue weighted by Crippen LogP contribution is 2.16. The van der Waals surface area contributed by atoms with E-state index in [0.29, 0.717) is 19.3 Å². The van der Waals surface area contributed by atoms with Gasteiger partial charge < -0.3 is 14.2 Å². The van der Waals surface area contributed by atoms with Crippen LogP contribution in [0.2, 0.25) is 0 Å². The van der Waals surface area contributed by atoms with E-state index < -0.39 is 6.10 Å². The Morgan fingerprint density at radius 1 is 0.317 bits per heavy atom. The fourth-order valence-electron chi connectivity index (χ4n) is 7.98. The SMILES string of the molecule is CCCCCCC/C=C\C/C=C\C/C=C\CCCCCCCCC(=O)OCC(COC(=O)CCCCCCCCC)OC(=O)CCCCCCCCCCCCCCCCCCC. The summed E-state index contributed by atoms with van der Waals surface area (Å²) in [7, 11) is 0. The highest BCUT2D eigenvalue weighted by Gasteiger charge is 2.19. The first-order valence-corrected chi connectivity index (χ1v) is 27.5. The lowest BCUT2D eigenvalue weighted by Gasteiger charge is -2.18. The van der Waals surface area contributed by atoms with Crippen LogP contribution in [0.1, 0.15) is 290 Å². The summed E-state index contributed by atoms with van der Waals surface area (Å²) in [6.45, 7) is 6.61. The first kappa shape index (κ1) is 60.6. The van der Waals surface area contributed by atoms with E-state index in [0.717, 1.165) is 77.0 Å². The molecule has 0 aliphatic carbocycles. The standard InChI is InChI=1S/C57H104O6/c1-4-7-10-13-16-18-20-22-24-26-27-28-29-31-32-34-36-38-41-44-47-50-56(59)62-53-54(52-61-55(58)49-46-43-40-15-12-9-6-3)63-57(60)51-48-45-42-39-37-35-33-30-25-23-21-19-17-14-11-8-5-2/h20,22,26-27,29,31,54H,4-19,21,23-25,28,30,32-53H2,1-3H3/b22-20-,27-26-,31-29-. The molecule has 6 nitrogen and oxygen atoms in total. The molecule has 0 radical (unpaired) electrons. The molecule has 368 valence electrons. The predicted molar refractivity (Wildman–Crippen MR) is 270 cm³/mol. The van der Waals surface area contributed by atoms with Crippen molar-refractivity contribution in [3.8, 4) is 0 Å². The van der Waals surface area contributed by atoms with Crippen LogP contribution >= 0.6 is 0 Å². The normalized spacial score (nSPS) is 12.2. The van der Waals surface area contributed by atoms with Gasteiger partial charge in [-0.1, -0.05) is 250 Å². The second-order valence-corrected chi connectivity index (χ2v) is 18.5. The number of carbonyl (C=O) groups excluding carboxylic acids is 3. The summed E-state index contributed by atoms with van der Waals surface area (Å²) in [4.78, 5) is 37.9. The van der Waals surface area contributed by atoms with E-state index in [1.54, 1.807) is 0 Å². The average molecular weight is 885 g/mol. The molecule has 6 heteroatoms. The largest absolute Gasteiger partial charge is 0.462 e. The maximum Gasteiger partial charge on any atom is 0.306 e. The summed E-state index contributed by atoms with van der Waals surface area (Å²) in [6, 6.07) is 0. The van der Waals surface area contributed by atoms with Crippen molar-refractivity contribution in [1.29, 1.82) is 0 Å². The van der Waals surface area contributed by atoms with E-state index >= 15 is 0 Å². The van der Waals surface area contributed by atoms with E-state index in [9.17, 15) is 14.4 Å². The van der Waals surface area contributed by atoms with Crippen molar-refractivity contribution in [3.05, 3.63) is 36.5 Å². The number of carbonyl (C=O) groups is 3. The highest BCUT2D eigenvalue weighted by atomic mass is 16.6. The van der Waals surface area contributed by atoms with Gasteiger partial charge in [0.05, 0.1) is 0 Å². The van der Waals surface area contributed by atoms with Gasteiger partial charge in [0.2, 0.25) is 0 Å². The first-order chi connectivity index (χ1) is 31.0. The molecule has 1 atom stereocenters. The molecule has 0 fully saturated rings. The number of unbranched alkanes of at least 4 members (excludes halogenated alkanes) is 33. The van der Waals surface area contributed by atoms with Gasteiger partial charge in [-0.2, -0.15) is 0 Å². The van der Waals surface area contributed by atoms with Gasteiger partial charge in [-0.15, -0.1) is 0 Å². The molecule has 0 N–H and O–H groups in total. The zero-order chi connectivity index (χ0) is 45.8. The van der Waals surface area contributed by atoms with Gasteiger partial charge in [0.1, 0.15) is 13.2 Å². The third-order valence-corrected chi connectivity index (χ3v) is 12.1. The lowest BCUT2D eigenvalue weighted by atomic mass is 10.0. The van der Waals surface area contributed by atoms with E-state index in [1.807, 2.05) is 0 Å². The fraction of sp³-hybridized carbons (Fsp3) is 0.842.